The lowest BCUT2D eigenvalue weighted by molar-refractivity contribution is 0.702. The van der Waals surface area contributed by atoms with Gasteiger partial charge in [0.15, 0.2) is 0 Å². The van der Waals surface area contributed by atoms with Crippen molar-refractivity contribution < 1.29 is 0 Å². The van der Waals surface area contributed by atoms with Crippen LogP contribution in [0, 0.1) is 0 Å². The van der Waals surface area contributed by atoms with Crippen molar-refractivity contribution in [2.75, 3.05) is 14.1 Å². The minimum atomic E-state index is 1.36. The molecule has 0 aliphatic heterocycles. The molecule has 2 heteroatoms. The first kappa shape index (κ1) is 16.5. The lowest BCUT2D eigenvalue weighted by Crippen LogP contribution is -1.69. The predicted molar refractivity (Wildman–Crippen MR) is 50.0 cm³/mol. The van der Waals surface area contributed by atoms with Crippen molar-refractivity contribution in [1.29, 1.82) is 0 Å². The van der Waals surface area contributed by atoms with Crippen LogP contribution < -0.4 is 11.5 Å². The summed E-state index contributed by atoms with van der Waals surface area (Å²) in [6, 6.07) is 0. The van der Waals surface area contributed by atoms with Gasteiger partial charge in [0.25, 0.3) is 0 Å². The summed E-state index contributed by atoms with van der Waals surface area (Å²) < 4.78 is 0. The molecule has 0 fully saturated rings. The summed E-state index contributed by atoms with van der Waals surface area (Å²) in [4.78, 5) is 0. The van der Waals surface area contributed by atoms with Crippen LogP contribution in [0.2, 0.25) is 0 Å². The summed E-state index contributed by atoms with van der Waals surface area (Å²) in [6.45, 7) is 4.46. The van der Waals surface area contributed by atoms with E-state index in [1.807, 2.05) is 0 Å². The third kappa shape index (κ3) is 44.5. The zero-order valence-corrected chi connectivity index (χ0v) is 7.98. The van der Waals surface area contributed by atoms with Crippen LogP contribution in [-0.4, -0.2) is 14.1 Å². The van der Waals surface area contributed by atoms with Gasteiger partial charge in [-0.05, 0) is 14.1 Å². The summed E-state index contributed by atoms with van der Waals surface area (Å²) in [7, 11) is 3.00. The van der Waals surface area contributed by atoms with Gasteiger partial charge in [-0.15, -0.1) is 0 Å². The normalized spacial score (nSPS) is 6.60. The first-order chi connectivity index (χ1) is 4.91. The molecule has 2 nitrogen and oxygen atoms in total. The summed E-state index contributed by atoms with van der Waals surface area (Å²) in [5, 5.41) is 0. The molecule has 0 amide bonds. The molecule has 0 atom stereocenters. The highest BCUT2D eigenvalue weighted by atomic mass is 14.4. The van der Waals surface area contributed by atoms with Crippen molar-refractivity contribution in [3.63, 3.8) is 0 Å². The predicted octanol–water partition coefficient (Wildman–Crippen LogP) is 1.74. The minimum absolute atomic E-state index is 1.36. The molecule has 0 bridgehead atoms. The van der Waals surface area contributed by atoms with Gasteiger partial charge in [0.1, 0.15) is 0 Å². The Morgan fingerprint density at radius 1 is 0.700 bits per heavy atom. The Kier molecular flexibility index (Phi) is 60.0. The Bertz CT molecular complexity index is 19.2. The molecule has 0 aromatic rings. The van der Waals surface area contributed by atoms with Crippen molar-refractivity contribution in [2.24, 2.45) is 11.5 Å². The van der Waals surface area contributed by atoms with Crippen molar-refractivity contribution in [2.45, 2.75) is 39.5 Å². The van der Waals surface area contributed by atoms with E-state index in [9.17, 15) is 0 Å². The van der Waals surface area contributed by atoms with Gasteiger partial charge in [0, 0.05) is 0 Å². The molecule has 0 unspecified atom stereocenters. The summed E-state index contributed by atoms with van der Waals surface area (Å²) >= 11 is 0. The maximum absolute atomic E-state index is 4.50. The molecule has 0 heterocycles. The second-order valence-electron chi connectivity index (χ2n) is 1.71. The van der Waals surface area contributed by atoms with Crippen molar-refractivity contribution >= 4 is 0 Å². The zero-order chi connectivity index (χ0) is 8.83. The van der Waals surface area contributed by atoms with Crippen molar-refractivity contribution in [3.05, 3.63) is 0 Å². The molecule has 0 saturated carbocycles. The number of nitrogens with two attached hydrogens (primary N) is 2. The molecule has 0 aliphatic rings. The second kappa shape index (κ2) is 36.4. The third-order valence-corrected chi connectivity index (χ3v) is 0.957. The first-order valence-electron chi connectivity index (χ1n) is 4.07. The van der Waals surface area contributed by atoms with Crippen LogP contribution in [0.25, 0.3) is 0 Å². The fourth-order valence-electron chi connectivity index (χ4n) is 0.500. The van der Waals surface area contributed by atoms with Crippen LogP contribution in [-0.2, 0) is 0 Å². The number of rotatable bonds is 3. The lowest BCUT2D eigenvalue weighted by atomic mass is 10.2. The Balaban J connectivity index is -0.000000105. The molecule has 0 radical (unpaired) electrons. The first-order valence-corrected chi connectivity index (χ1v) is 4.07. The summed E-state index contributed by atoms with van der Waals surface area (Å²) in [6.07, 6.45) is 5.54. The Morgan fingerprint density at radius 3 is 1.00 bits per heavy atom. The standard InChI is InChI=1S/C6H14.2CH5N/c1-3-5-6-4-2;2*1-2/h3-6H2,1-2H3;2*2H2,1H3. The minimum Gasteiger partial charge on any atom is -0.333 e. The van der Waals surface area contributed by atoms with E-state index in [1.54, 1.807) is 0 Å². The second-order valence-corrected chi connectivity index (χ2v) is 1.71. The third-order valence-electron chi connectivity index (χ3n) is 0.957. The van der Waals surface area contributed by atoms with Gasteiger partial charge in [0.2, 0.25) is 0 Å². The van der Waals surface area contributed by atoms with E-state index in [0.717, 1.165) is 0 Å². The molecule has 4 N–H and O–H groups in total. The summed E-state index contributed by atoms with van der Waals surface area (Å²) in [5.41, 5.74) is 9.00. The van der Waals surface area contributed by atoms with Gasteiger partial charge in [-0.25, -0.2) is 0 Å². The van der Waals surface area contributed by atoms with E-state index in [0.29, 0.717) is 0 Å². The van der Waals surface area contributed by atoms with Crippen LogP contribution in [0.15, 0.2) is 0 Å². The highest BCUT2D eigenvalue weighted by Gasteiger charge is 1.75. The molecule has 0 spiro atoms. The number of hydrogen-bond donors (Lipinski definition) is 2. The van der Waals surface area contributed by atoms with Gasteiger partial charge >= 0.3 is 0 Å². The van der Waals surface area contributed by atoms with Crippen molar-refractivity contribution in [3.8, 4) is 0 Å². The van der Waals surface area contributed by atoms with Gasteiger partial charge < -0.3 is 11.5 Å². The summed E-state index contributed by atoms with van der Waals surface area (Å²) in [5.74, 6) is 0. The molecule has 0 rings (SSSR count). The maximum atomic E-state index is 4.50. The van der Waals surface area contributed by atoms with E-state index >= 15 is 0 Å². The van der Waals surface area contributed by atoms with Crippen LogP contribution in [0.5, 0.6) is 0 Å². The van der Waals surface area contributed by atoms with Crippen LogP contribution in [0.1, 0.15) is 39.5 Å². The average Bonchev–Trinajstić information content (AvgIpc) is 2.08. The van der Waals surface area contributed by atoms with Crippen LogP contribution >= 0.6 is 0 Å². The van der Waals surface area contributed by atoms with Crippen LogP contribution in [0.3, 0.4) is 0 Å². The number of unbranched alkanes of at least 4 members (excludes halogenated alkanes) is 3. The van der Waals surface area contributed by atoms with Gasteiger partial charge in [-0.2, -0.15) is 0 Å². The highest BCUT2D eigenvalue weighted by Crippen LogP contribution is 1.95. The van der Waals surface area contributed by atoms with E-state index in [2.05, 4.69) is 25.3 Å². The Hall–Kier alpha value is -0.0800. The Labute approximate surface area is 66.0 Å². The molecule has 10 heavy (non-hydrogen) atoms. The largest absolute Gasteiger partial charge is 0.333 e. The fourth-order valence-corrected chi connectivity index (χ4v) is 0.500. The zero-order valence-electron chi connectivity index (χ0n) is 7.98. The topological polar surface area (TPSA) is 52.0 Å². The molecular formula is C8H24N2. The average molecular weight is 148 g/mol. The SMILES string of the molecule is CCCCCC.CN.CN. The monoisotopic (exact) mass is 148 g/mol. The van der Waals surface area contributed by atoms with E-state index in [4.69, 9.17) is 0 Å². The number of hydrogen-bond acceptors (Lipinski definition) is 2. The maximum Gasteiger partial charge on any atom is -0.0195 e. The van der Waals surface area contributed by atoms with Gasteiger partial charge in [0.05, 0.1) is 0 Å². The van der Waals surface area contributed by atoms with Crippen molar-refractivity contribution in [1.82, 2.24) is 0 Å². The lowest BCUT2D eigenvalue weighted by Gasteiger charge is -1.86. The van der Waals surface area contributed by atoms with E-state index < -0.39 is 0 Å². The Morgan fingerprint density at radius 2 is 0.900 bits per heavy atom. The van der Waals surface area contributed by atoms with Gasteiger partial charge in [-0.1, -0.05) is 39.5 Å². The van der Waals surface area contributed by atoms with E-state index in [1.165, 1.54) is 39.8 Å². The molecule has 0 saturated heterocycles. The highest BCUT2D eigenvalue weighted by molar-refractivity contribution is 4.31. The quantitative estimate of drug-likeness (QED) is 0.599. The molecule has 66 valence electrons. The van der Waals surface area contributed by atoms with E-state index in [-0.39, 0.29) is 0 Å². The van der Waals surface area contributed by atoms with Crippen LogP contribution in [0.4, 0.5) is 0 Å². The smallest absolute Gasteiger partial charge is 0.0195 e. The fraction of sp³-hybridized carbons (Fsp3) is 1.00. The molecular weight excluding hydrogens is 124 g/mol. The molecule has 0 aromatic heterocycles. The molecule has 0 aliphatic carbocycles. The van der Waals surface area contributed by atoms with Gasteiger partial charge in [-0.3, -0.25) is 0 Å². The molecule has 0 aromatic carbocycles.